The van der Waals surface area contributed by atoms with Crippen LogP contribution in [0.1, 0.15) is 18.4 Å². The first-order chi connectivity index (χ1) is 14.2. The molecule has 7 nitrogen and oxygen atoms in total. The third-order valence-corrected chi connectivity index (χ3v) is 5.23. The molecule has 2 aromatic carbocycles. The molecule has 1 saturated heterocycles. The quantitative estimate of drug-likeness (QED) is 0.427. The highest BCUT2D eigenvalue weighted by atomic mass is 35.5. The number of nitrogens with zero attached hydrogens (tertiary/aromatic N) is 5. The van der Waals surface area contributed by atoms with E-state index in [-0.39, 0.29) is 0 Å². The lowest BCUT2D eigenvalue weighted by atomic mass is 10.2. The second-order valence-corrected chi connectivity index (χ2v) is 7.27. The van der Waals surface area contributed by atoms with Gasteiger partial charge in [0.2, 0.25) is 17.8 Å². The Bertz CT molecular complexity index is 1000. The number of anilines is 4. The van der Waals surface area contributed by atoms with E-state index >= 15 is 0 Å². The molecule has 2 heterocycles. The van der Waals surface area contributed by atoms with Crippen LogP contribution >= 0.6 is 23.2 Å². The molecule has 1 aliphatic rings. The minimum absolute atomic E-state index is 0.342. The molecule has 1 aromatic heterocycles. The van der Waals surface area contributed by atoms with Gasteiger partial charge in [-0.15, -0.1) is 0 Å². The van der Waals surface area contributed by atoms with Crippen molar-refractivity contribution in [2.45, 2.75) is 12.8 Å². The van der Waals surface area contributed by atoms with Crippen LogP contribution in [0.5, 0.6) is 0 Å². The van der Waals surface area contributed by atoms with E-state index in [0.717, 1.165) is 31.6 Å². The average Bonchev–Trinajstić information content (AvgIpc) is 3.27. The minimum atomic E-state index is 0.342. The summed E-state index contributed by atoms with van der Waals surface area (Å²) in [6.07, 6.45) is 3.83. The Morgan fingerprint density at radius 2 is 1.66 bits per heavy atom. The van der Waals surface area contributed by atoms with E-state index in [2.05, 4.69) is 35.7 Å². The number of rotatable bonds is 6. The van der Waals surface area contributed by atoms with E-state index in [9.17, 15) is 0 Å². The zero-order valence-corrected chi connectivity index (χ0v) is 17.0. The standard InChI is InChI=1S/C20H19Cl2N7/c21-16-10-6-7-14(17(16)22)13-23-28-19-25-18(24-15-8-2-1-3-9-15)26-20(27-19)29-11-4-5-12-29/h1-3,6-10,13H,4-5,11-12H2,(H2,24,25,26,27,28)/b23-13-. The van der Waals surface area contributed by atoms with Crippen molar-refractivity contribution in [2.75, 3.05) is 28.7 Å². The maximum atomic E-state index is 6.19. The number of para-hydroxylation sites is 1. The van der Waals surface area contributed by atoms with Gasteiger partial charge in [0.25, 0.3) is 0 Å². The van der Waals surface area contributed by atoms with Gasteiger partial charge in [-0.25, -0.2) is 5.43 Å². The van der Waals surface area contributed by atoms with Gasteiger partial charge in [-0.3, -0.25) is 0 Å². The first-order valence-corrected chi connectivity index (χ1v) is 10.0. The highest BCUT2D eigenvalue weighted by Crippen LogP contribution is 2.24. The second-order valence-electron chi connectivity index (χ2n) is 6.48. The number of halogens is 2. The molecule has 2 N–H and O–H groups in total. The second kappa shape index (κ2) is 9.07. The van der Waals surface area contributed by atoms with Crippen molar-refractivity contribution in [1.82, 2.24) is 15.0 Å². The van der Waals surface area contributed by atoms with Gasteiger partial charge in [0.15, 0.2) is 0 Å². The predicted molar refractivity (Wildman–Crippen MR) is 119 cm³/mol. The molecule has 0 amide bonds. The Kier molecular flexibility index (Phi) is 6.07. The van der Waals surface area contributed by atoms with Gasteiger partial charge in [-0.05, 0) is 31.0 Å². The molecule has 1 fully saturated rings. The fourth-order valence-electron chi connectivity index (χ4n) is 2.96. The number of nitrogens with one attached hydrogen (secondary N) is 2. The molecule has 0 radical (unpaired) electrons. The van der Waals surface area contributed by atoms with Crippen LogP contribution in [0, 0.1) is 0 Å². The third kappa shape index (κ3) is 4.93. The lowest BCUT2D eigenvalue weighted by Gasteiger charge is -2.16. The van der Waals surface area contributed by atoms with Crippen molar-refractivity contribution >= 4 is 52.9 Å². The topological polar surface area (TPSA) is 78.3 Å². The van der Waals surface area contributed by atoms with Crippen LogP contribution < -0.4 is 15.6 Å². The average molecular weight is 428 g/mol. The molecule has 0 bridgehead atoms. The van der Waals surface area contributed by atoms with Crippen LogP contribution in [0.3, 0.4) is 0 Å². The summed E-state index contributed by atoms with van der Waals surface area (Å²) in [6.45, 7) is 1.85. The molecule has 0 spiro atoms. The van der Waals surface area contributed by atoms with Crippen molar-refractivity contribution in [3.63, 3.8) is 0 Å². The molecule has 29 heavy (non-hydrogen) atoms. The number of hydrogen-bond donors (Lipinski definition) is 2. The Hall–Kier alpha value is -2.90. The number of benzene rings is 2. The van der Waals surface area contributed by atoms with E-state index in [0.29, 0.717) is 33.5 Å². The molecule has 148 valence electrons. The molecule has 4 rings (SSSR count). The number of hydrogen-bond acceptors (Lipinski definition) is 7. The van der Waals surface area contributed by atoms with Crippen LogP contribution in [0.15, 0.2) is 53.6 Å². The van der Waals surface area contributed by atoms with Gasteiger partial charge >= 0.3 is 0 Å². The van der Waals surface area contributed by atoms with Crippen molar-refractivity contribution in [2.24, 2.45) is 5.10 Å². The summed E-state index contributed by atoms with van der Waals surface area (Å²) in [5.74, 6) is 1.41. The minimum Gasteiger partial charge on any atom is -0.341 e. The van der Waals surface area contributed by atoms with Crippen molar-refractivity contribution in [1.29, 1.82) is 0 Å². The van der Waals surface area contributed by atoms with Gasteiger partial charge in [-0.2, -0.15) is 20.1 Å². The Morgan fingerprint density at radius 1 is 0.897 bits per heavy atom. The van der Waals surface area contributed by atoms with E-state index in [1.807, 2.05) is 42.5 Å². The molecular weight excluding hydrogens is 409 g/mol. The summed E-state index contributed by atoms with van der Waals surface area (Å²) in [6, 6.07) is 15.1. The molecule has 0 aliphatic carbocycles. The van der Waals surface area contributed by atoms with Crippen molar-refractivity contribution in [3.05, 3.63) is 64.1 Å². The summed E-state index contributed by atoms with van der Waals surface area (Å²) in [5.41, 5.74) is 4.46. The first-order valence-electron chi connectivity index (χ1n) is 9.25. The summed E-state index contributed by atoms with van der Waals surface area (Å²) in [5, 5.41) is 8.34. The lowest BCUT2D eigenvalue weighted by molar-refractivity contribution is 0.883. The molecule has 0 atom stereocenters. The largest absolute Gasteiger partial charge is 0.341 e. The molecule has 0 unspecified atom stereocenters. The zero-order chi connectivity index (χ0) is 20.1. The van der Waals surface area contributed by atoms with E-state index < -0.39 is 0 Å². The highest BCUT2D eigenvalue weighted by Gasteiger charge is 2.17. The fourth-order valence-corrected chi connectivity index (χ4v) is 3.32. The maximum Gasteiger partial charge on any atom is 0.250 e. The predicted octanol–water partition coefficient (Wildman–Crippen LogP) is 4.97. The van der Waals surface area contributed by atoms with E-state index in [4.69, 9.17) is 23.2 Å². The van der Waals surface area contributed by atoms with Crippen molar-refractivity contribution in [3.8, 4) is 0 Å². The monoisotopic (exact) mass is 427 g/mol. The molecule has 9 heteroatoms. The summed E-state index contributed by atoms with van der Waals surface area (Å²) < 4.78 is 0. The SMILES string of the molecule is Clc1cccc(/C=N\Nc2nc(Nc3ccccc3)nc(N3CCCC3)n2)c1Cl. The van der Waals surface area contributed by atoms with E-state index in [1.54, 1.807) is 12.3 Å². The van der Waals surface area contributed by atoms with Gasteiger partial charge < -0.3 is 10.2 Å². The van der Waals surface area contributed by atoms with Crippen LogP contribution in [0.25, 0.3) is 0 Å². The Morgan fingerprint density at radius 3 is 2.45 bits per heavy atom. The van der Waals surface area contributed by atoms with Gasteiger partial charge in [-0.1, -0.05) is 53.5 Å². The fraction of sp³-hybridized carbons (Fsp3) is 0.200. The molecule has 3 aromatic rings. The summed E-state index contributed by atoms with van der Waals surface area (Å²) in [7, 11) is 0. The smallest absolute Gasteiger partial charge is 0.250 e. The first kappa shape index (κ1) is 19.4. The zero-order valence-electron chi connectivity index (χ0n) is 15.5. The van der Waals surface area contributed by atoms with Crippen LogP contribution in [0.4, 0.5) is 23.5 Å². The molecular formula is C20H19Cl2N7. The van der Waals surface area contributed by atoms with Gasteiger partial charge in [0.05, 0.1) is 16.3 Å². The maximum absolute atomic E-state index is 6.19. The molecule has 1 aliphatic heterocycles. The van der Waals surface area contributed by atoms with Gasteiger partial charge in [0.1, 0.15) is 0 Å². The van der Waals surface area contributed by atoms with Crippen LogP contribution in [-0.4, -0.2) is 34.3 Å². The van der Waals surface area contributed by atoms with E-state index in [1.165, 1.54) is 0 Å². The highest BCUT2D eigenvalue weighted by molar-refractivity contribution is 6.43. The van der Waals surface area contributed by atoms with Gasteiger partial charge in [0, 0.05) is 24.3 Å². The summed E-state index contributed by atoms with van der Waals surface area (Å²) >= 11 is 12.2. The van der Waals surface area contributed by atoms with Crippen LogP contribution in [0.2, 0.25) is 10.0 Å². The van der Waals surface area contributed by atoms with Crippen LogP contribution in [-0.2, 0) is 0 Å². The normalized spacial score (nSPS) is 13.8. The Labute approximate surface area is 178 Å². The molecule has 0 saturated carbocycles. The Balaban J connectivity index is 1.57. The number of hydrazone groups is 1. The summed E-state index contributed by atoms with van der Waals surface area (Å²) in [4.78, 5) is 15.6. The lowest BCUT2D eigenvalue weighted by Crippen LogP contribution is -2.21. The number of aromatic nitrogens is 3. The third-order valence-electron chi connectivity index (χ3n) is 4.39. The van der Waals surface area contributed by atoms with Crippen molar-refractivity contribution < 1.29 is 0 Å².